The van der Waals surface area contributed by atoms with Crippen molar-refractivity contribution in [3.05, 3.63) is 11.9 Å². The molecule has 1 N–H and O–H groups in total. The summed E-state index contributed by atoms with van der Waals surface area (Å²) in [6.45, 7) is 9.28. The van der Waals surface area contributed by atoms with Gasteiger partial charge >= 0.3 is 0 Å². The number of nitrogens with one attached hydrogen (secondary N) is 1. The molecule has 0 aromatic carbocycles. The van der Waals surface area contributed by atoms with Crippen molar-refractivity contribution >= 4 is 5.82 Å². The van der Waals surface area contributed by atoms with Crippen LogP contribution in [0, 0.1) is 0 Å². The summed E-state index contributed by atoms with van der Waals surface area (Å²) in [5.74, 6) is 2.40. The molecule has 0 fully saturated rings. The van der Waals surface area contributed by atoms with Gasteiger partial charge in [0.2, 0.25) is 5.88 Å². The molecule has 1 aromatic rings. The van der Waals surface area contributed by atoms with Gasteiger partial charge in [-0.05, 0) is 26.7 Å². The second-order valence-electron chi connectivity index (χ2n) is 4.51. The Kier molecular flexibility index (Phi) is 6.47. The van der Waals surface area contributed by atoms with Gasteiger partial charge in [-0.25, -0.2) is 4.98 Å². The summed E-state index contributed by atoms with van der Waals surface area (Å²) in [5.41, 5.74) is 0. The Bertz CT molecular complexity index is 331. The zero-order valence-corrected chi connectivity index (χ0v) is 12.0. The normalized spacial score (nSPS) is 12.2. The Morgan fingerprint density at radius 2 is 2.00 bits per heavy atom. The predicted octanol–water partition coefficient (Wildman–Crippen LogP) is 3.43. The third kappa shape index (κ3) is 4.90. The van der Waals surface area contributed by atoms with Crippen molar-refractivity contribution < 1.29 is 4.74 Å². The van der Waals surface area contributed by atoms with Crippen LogP contribution < -0.4 is 10.1 Å². The van der Waals surface area contributed by atoms with Crippen molar-refractivity contribution in [3.8, 4) is 5.88 Å². The number of aryl methyl sites for hydroxylation is 1. The summed E-state index contributed by atoms with van der Waals surface area (Å²) >= 11 is 0. The van der Waals surface area contributed by atoms with E-state index in [-0.39, 0.29) is 6.10 Å². The van der Waals surface area contributed by atoms with Gasteiger partial charge < -0.3 is 10.1 Å². The van der Waals surface area contributed by atoms with Crippen molar-refractivity contribution in [2.75, 3.05) is 11.9 Å². The lowest BCUT2D eigenvalue weighted by Gasteiger charge is -2.14. The fourth-order valence-electron chi connectivity index (χ4n) is 1.81. The van der Waals surface area contributed by atoms with Crippen LogP contribution in [0.4, 0.5) is 5.82 Å². The van der Waals surface area contributed by atoms with Crippen molar-refractivity contribution in [2.45, 2.75) is 59.5 Å². The van der Waals surface area contributed by atoms with Gasteiger partial charge in [0.05, 0.1) is 6.10 Å². The smallest absolute Gasteiger partial charge is 0.218 e. The first kappa shape index (κ1) is 14.7. The number of hydrogen-bond donors (Lipinski definition) is 1. The minimum atomic E-state index is 0.203. The van der Waals surface area contributed by atoms with E-state index in [9.17, 15) is 0 Å². The number of anilines is 1. The lowest BCUT2D eigenvalue weighted by Crippen LogP contribution is -2.13. The van der Waals surface area contributed by atoms with Gasteiger partial charge in [0.15, 0.2) is 0 Å². The third-order valence-electron chi connectivity index (χ3n) is 2.60. The topological polar surface area (TPSA) is 47.0 Å². The summed E-state index contributed by atoms with van der Waals surface area (Å²) in [5, 5.41) is 3.22. The van der Waals surface area contributed by atoms with Crippen molar-refractivity contribution in [2.24, 2.45) is 0 Å². The Labute approximate surface area is 110 Å². The van der Waals surface area contributed by atoms with Gasteiger partial charge in [0, 0.05) is 19.0 Å². The van der Waals surface area contributed by atoms with Crippen molar-refractivity contribution in [1.29, 1.82) is 0 Å². The Morgan fingerprint density at radius 3 is 2.61 bits per heavy atom. The molecule has 4 heteroatoms. The van der Waals surface area contributed by atoms with Gasteiger partial charge in [0.25, 0.3) is 0 Å². The summed E-state index contributed by atoms with van der Waals surface area (Å²) < 4.78 is 5.84. The molecule has 1 aromatic heterocycles. The lowest BCUT2D eigenvalue weighted by molar-refractivity contribution is 0.200. The van der Waals surface area contributed by atoms with Crippen LogP contribution in [0.25, 0.3) is 0 Å². The highest BCUT2D eigenvalue weighted by Crippen LogP contribution is 2.17. The molecule has 0 aliphatic carbocycles. The van der Waals surface area contributed by atoms with Gasteiger partial charge in [-0.15, -0.1) is 0 Å². The molecule has 0 amide bonds. The zero-order chi connectivity index (χ0) is 13.4. The molecule has 1 unspecified atom stereocenters. The SMILES string of the molecule is CCCc1nc(NCC)cc(OC(C)CCC)n1. The largest absolute Gasteiger partial charge is 0.475 e. The summed E-state index contributed by atoms with van der Waals surface area (Å²) in [6, 6.07) is 1.88. The number of rotatable bonds is 8. The van der Waals surface area contributed by atoms with Crippen LogP contribution >= 0.6 is 0 Å². The van der Waals surface area contributed by atoms with Crippen LogP contribution in [0.1, 0.15) is 52.8 Å². The molecule has 0 saturated carbocycles. The van der Waals surface area contributed by atoms with E-state index in [2.05, 4.69) is 43.0 Å². The first-order valence-corrected chi connectivity index (χ1v) is 6.98. The van der Waals surface area contributed by atoms with Gasteiger partial charge in [-0.1, -0.05) is 20.3 Å². The van der Waals surface area contributed by atoms with Crippen molar-refractivity contribution in [1.82, 2.24) is 9.97 Å². The first-order chi connectivity index (χ1) is 8.69. The molecule has 0 saturated heterocycles. The molecule has 0 radical (unpaired) electrons. The van der Waals surface area contributed by atoms with Gasteiger partial charge in [-0.3, -0.25) is 0 Å². The Morgan fingerprint density at radius 1 is 1.22 bits per heavy atom. The van der Waals surface area contributed by atoms with E-state index >= 15 is 0 Å². The zero-order valence-electron chi connectivity index (χ0n) is 12.0. The number of ether oxygens (including phenoxy) is 1. The highest BCUT2D eigenvalue weighted by molar-refractivity contribution is 5.38. The second kappa shape index (κ2) is 7.90. The van der Waals surface area contributed by atoms with Crippen LogP contribution in [-0.2, 0) is 6.42 Å². The minimum absolute atomic E-state index is 0.203. The Balaban J connectivity index is 2.81. The van der Waals surface area contributed by atoms with Crippen LogP contribution in [0.15, 0.2) is 6.07 Å². The molecule has 0 spiro atoms. The third-order valence-corrected chi connectivity index (χ3v) is 2.60. The van der Waals surface area contributed by atoms with E-state index < -0.39 is 0 Å². The van der Waals surface area contributed by atoms with E-state index in [1.165, 1.54) is 0 Å². The van der Waals surface area contributed by atoms with Crippen LogP contribution in [0.3, 0.4) is 0 Å². The van der Waals surface area contributed by atoms with E-state index in [1.54, 1.807) is 0 Å². The standard InChI is InChI=1S/C14H25N3O/c1-5-8-11(4)18-14-10-13(15-7-3)16-12(17-14)9-6-2/h10-11H,5-9H2,1-4H3,(H,15,16,17). The van der Waals surface area contributed by atoms with Crippen LogP contribution in [0.5, 0.6) is 5.88 Å². The van der Waals surface area contributed by atoms with Gasteiger partial charge in [0.1, 0.15) is 11.6 Å². The van der Waals surface area contributed by atoms with Crippen molar-refractivity contribution in [3.63, 3.8) is 0 Å². The maximum absolute atomic E-state index is 5.84. The van der Waals surface area contributed by atoms with E-state index in [4.69, 9.17) is 4.74 Å². The summed E-state index contributed by atoms with van der Waals surface area (Å²) in [4.78, 5) is 8.92. The van der Waals surface area contributed by atoms with Crippen LogP contribution in [-0.4, -0.2) is 22.6 Å². The number of aromatic nitrogens is 2. The molecule has 0 aliphatic rings. The molecule has 1 rings (SSSR count). The molecular weight excluding hydrogens is 226 g/mol. The molecule has 1 heterocycles. The second-order valence-corrected chi connectivity index (χ2v) is 4.51. The maximum atomic E-state index is 5.84. The van der Waals surface area contributed by atoms with Crippen LogP contribution in [0.2, 0.25) is 0 Å². The fourth-order valence-corrected chi connectivity index (χ4v) is 1.81. The average molecular weight is 251 g/mol. The molecule has 18 heavy (non-hydrogen) atoms. The fraction of sp³-hybridized carbons (Fsp3) is 0.714. The molecule has 4 nitrogen and oxygen atoms in total. The Hall–Kier alpha value is -1.32. The monoisotopic (exact) mass is 251 g/mol. The summed E-state index contributed by atoms with van der Waals surface area (Å²) in [6.07, 6.45) is 4.29. The lowest BCUT2D eigenvalue weighted by atomic mass is 10.2. The van der Waals surface area contributed by atoms with E-state index in [0.29, 0.717) is 5.88 Å². The molecule has 0 bridgehead atoms. The van der Waals surface area contributed by atoms with Gasteiger partial charge in [-0.2, -0.15) is 4.98 Å². The predicted molar refractivity (Wildman–Crippen MR) is 75.2 cm³/mol. The molecule has 1 atom stereocenters. The summed E-state index contributed by atoms with van der Waals surface area (Å²) in [7, 11) is 0. The highest BCUT2D eigenvalue weighted by Gasteiger charge is 2.08. The average Bonchev–Trinajstić information content (AvgIpc) is 2.29. The quantitative estimate of drug-likeness (QED) is 0.769. The molecule has 102 valence electrons. The van der Waals surface area contributed by atoms with E-state index in [1.807, 2.05) is 6.07 Å². The first-order valence-electron chi connectivity index (χ1n) is 6.98. The number of hydrogen-bond acceptors (Lipinski definition) is 4. The minimum Gasteiger partial charge on any atom is -0.475 e. The van der Waals surface area contributed by atoms with E-state index in [0.717, 1.165) is 43.9 Å². The maximum Gasteiger partial charge on any atom is 0.218 e. The highest BCUT2D eigenvalue weighted by atomic mass is 16.5. The molecular formula is C14H25N3O. The number of nitrogens with zero attached hydrogens (tertiary/aromatic N) is 2. The molecule has 0 aliphatic heterocycles.